The number of amides is 1. The Bertz CT molecular complexity index is 1450. The van der Waals surface area contributed by atoms with Crippen molar-refractivity contribution in [2.75, 3.05) is 20.3 Å². The maximum Gasteiger partial charge on any atom is 0.416 e. The fraction of sp³-hybridized carbons (Fsp3) is 0.367. The van der Waals surface area contributed by atoms with Crippen molar-refractivity contribution in [1.82, 2.24) is 9.63 Å². The summed E-state index contributed by atoms with van der Waals surface area (Å²) in [5.41, 5.74) is 2.93. The molecule has 0 radical (unpaired) electrons. The Morgan fingerprint density at radius 3 is 2.56 bits per heavy atom. The number of pyridine rings is 1. The Morgan fingerprint density at radius 2 is 1.85 bits per heavy atom. The van der Waals surface area contributed by atoms with Gasteiger partial charge in [0.2, 0.25) is 5.91 Å². The maximum absolute atomic E-state index is 13.5. The van der Waals surface area contributed by atoms with E-state index in [1.165, 1.54) is 25.4 Å². The van der Waals surface area contributed by atoms with Gasteiger partial charge in [-0.3, -0.25) is 14.6 Å². The largest absolute Gasteiger partial charge is 0.494 e. The van der Waals surface area contributed by atoms with Crippen LogP contribution in [0.1, 0.15) is 40.7 Å². The van der Waals surface area contributed by atoms with Gasteiger partial charge in [0.1, 0.15) is 5.75 Å². The number of hydrogen-bond acceptors (Lipinski definition) is 6. The lowest BCUT2D eigenvalue weighted by Crippen LogP contribution is -2.35. The van der Waals surface area contributed by atoms with E-state index in [2.05, 4.69) is 4.99 Å². The molecule has 1 atom stereocenters. The molecule has 1 unspecified atom stereocenters. The van der Waals surface area contributed by atoms with E-state index in [9.17, 15) is 28.0 Å². The molecular formula is C30H32F3N3O5. The SMILES string of the molecule is COC(=O)CC1Cc2ccc(OCCCN=c3cc(C)ccn3O)cc2CN(Cc2ccc(C(F)(F)F)cc2)C1=O. The molecule has 0 saturated heterocycles. The standard InChI is InChI=1S/C30H32F3N3O5/c1-20-10-12-36(39)27(14-20)34-11-3-13-41-26-9-6-22-15-23(17-28(37)40-2)29(38)35(19-24(22)16-26)18-21-4-7-25(8-5-21)30(31,32)33/h4-10,12,14,16,23,39H,3,11,13,15,17-19H2,1-2H3. The van der Waals surface area contributed by atoms with E-state index in [1.807, 2.05) is 25.1 Å². The van der Waals surface area contributed by atoms with Gasteiger partial charge in [0.15, 0.2) is 5.49 Å². The van der Waals surface area contributed by atoms with Crippen molar-refractivity contribution in [3.8, 4) is 5.75 Å². The van der Waals surface area contributed by atoms with Gasteiger partial charge in [0, 0.05) is 32.3 Å². The van der Waals surface area contributed by atoms with Gasteiger partial charge < -0.3 is 19.6 Å². The van der Waals surface area contributed by atoms with Crippen LogP contribution in [0.5, 0.6) is 5.75 Å². The van der Waals surface area contributed by atoms with E-state index < -0.39 is 23.6 Å². The Morgan fingerprint density at radius 1 is 1.10 bits per heavy atom. The monoisotopic (exact) mass is 571 g/mol. The number of esters is 1. The number of nitrogens with zero attached hydrogens (tertiary/aromatic N) is 3. The van der Waals surface area contributed by atoms with Crippen molar-refractivity contribution in [2.45, 2.75) is 45.5 Å². The number of aromatic nitrogens is 1. The first-order chi connectivity index (χ1) is 19.5. The predicted octanol–water partition coefficient (Wildman–Crippen LogP) is 4.69. The third-order valence-electron chi connectivity index (χ3n) is 6.88. The minimum Gasteiger partial charge on any atom is -0.494 e. The molecule has 1 amide bonds. The van der Waals surface area contributed by atoms with Crippen LogP contribution in [0.25, 0.3) is 0 Å². The summed E-state index contributed by atoms with van der Waals surface area (Å²) >= 11 is 0. The molecule has 1 aliphatic rings. The highest BCUT2D eigenvalue weighted by molar-refractivity contribution is 5.84. The molecule has 1 aromatic heterocycles. The number of methoxy groups -OCH3 is 1. The lowest BCUT2D eigenvalue weighted by atomic mass is 9.94. The van der Waals surface area contributed by atoms with Gasteiger partial charge in [0.25, 0.3) is 0 Å². The fourth-order valence-corrected chi connectivity index (χ4v) is 4.68. The number of halogens is 3. The summed E-state index contributed by atoms with van der Waals surface area (Å²) in [7, 11) is 1.26. The van der Waals surface area contributed by atoms with Crippen molar-refractivity contribution >= 4 is 11.9 Å². The first kappa shape index (κ1) is 29.7. The highest BCUT2D eigenvalue weighted by atomic mass is 19.4. The zero-order valence-corrected chi connectivity index (χ0v) is 22.9. The summed E-state index contributed by atoms with van der Waals surface area (Å²) in [5, 5.41) is 9.86. The molecule has 0 bridgehead atoms. The molecular weight excluding hydrogens is 539 g/mol. The number of rotatable bonds is 9. The van der Waals surface area contributed by atoms with Crippen molar-refractivity contribution in [3.05, 3.63) is 94.1 Å². The van der Waals surface area contributed by atoms with Gasteiger partial charge in [0.05, 0.1) is 31.6 Å². The van der Waals surface area contributed by atoms with Gasteiger partial charge in [-0.15, -0.1) is 0 Å². The molecule has 8 nitrogen and oxygen atoms in total. The summed E-state index contributed by atoms with van der Waals surface area (Å²) in [5.74, 6) is -0.843. The Kier molecular flexibility index (Phi) is 9.36. The van der Waals surface area contributed by atoms with Crippen molar-refractivity contribution in [2.24, 2.45) is 10.9 Å². The van der Waals surface area contributed by atoms with Crippen LogP contribution in [0, 0.1) is 12.8 Å². The van der Waals surface area contributed by atoms with Crippen LogP contribution in [0.4, 0.5) is 13.2 Å². The number of alkyl halides is 3. The average Bonchev–Trinajstić information content (AvgIpc) is 3.06. The summed E-state index contributed by atoms with van der Waals surface area (Å²) in [6.45, 7) is 3.03. The predicted molar refractivity (Wildman–Crippen MR) is 143 cm³/mol. The van der Waals surface area contributed by atoms with Crippen LogP contribution in [-0.2, 0) is 40.0 Å². The van der Waals surface area contributed by atoms with Crippen molar-refractivity contribution in [3.63, 3.8) is 0 Å². The molecule has 1 N–H and O–H groups in total. The zero-order valence-electron chi connectivity index (χ0n) is 22.9. The highest BCUT2D eigenvalue weighted by Gasteiger charge is 2.33. The second kappa shape index (κ2) is 12.9. The number of hydrogen-bond donors (Lipinski definition) is 1. The lowest BCUT2D eigenvalue weighted by molar-refractivity contribution is -0.147. The molecule has 3 aromatic rings. The molecule has 218 valence electrons. The van der Waals surface area contributed by atoms with Crippen LogP contribution in [-0.4, -0.2) is 47.0 Å². The highest BCUT2D eigenvalue weighted by Crippen LogP contribution is 2.31. The smallest absolute Gasteiger partial charge is 0.416 e. The number of benzene rings is 2. The van der Waals surface area contributed by atoms with Crippen molar-refractivity contribution in [1.29, 1.82) is 0 Å². The zero-order chi connectivity index (χ0) is 29.6. The van der Waals surface area contributed by atoms with Crippen molar-refractivity contribution < 1.29 is 37.4 Å². The third-order valence-corrected chi connectivity index (χ3v) is 6.88. The maximum atomic E-state index is 13.5. The second-order valence-corrected chi connectivity index (χ2v) is 9.99. The molecule has 0 fully saturated rings. The Hall–Kier alpha value is -4.28. The van der Waals surface area contributed by atoms with E-state index in [-0.39, 0.29) is 25.4 Å². The summed E-state index contributed by atoms with van der Waals surface area (Å²) in [6.07, 6.45) is -2.10. The topological polar surface area (TPSA) is 93.4 Å². The first-order valence-electron chi connectivity index (χ1n) is 13.2. The molecule has 41 heavy (non-hydrogen) atoms. The van der Waals surface area contributed by atoms with Gasteiger partial charge in [-0.2, -0.15) is 17.9 Å². The summed E-state index contributed by atoms with van der Waals surface area (Å²) in [6, 6.07) is 13.8. The van der Waals surface area contributed by atoms with Crippen LogP contribution >= 0.6 is 0 Å². The number of carbonyl (C=O) groups is 2. The second-order valence-electron chi connectivity index (χ2n) is 9.99. The molecule has 2 heterocycles. The van der Waals surface area contributed by atoms with Gasteiger partial charge in [-0.1, -0.05) is 18.2 Å². The number of aryl methyl sites for hydroxylation is 1. The quantitative estimate of drug-likeness (QED) is 0.229. The fourth-order valence-electron chi connectivity index (χ4n) is 4.68. The first-order valence-corrected chi connectivity index (χ1v) is 13.2. The number of ether oxygens (including phenoxy) is 2. The Labute approximate surface area is 235 Å². The lowest BCUT2D eigenvalue weighted by Gasteiger charge is -2.24. The van der Waals surface area contributed by atoms with E-state index >= 15 is 0 Å². The molecule has 0 aliphatic carbocycles. The molecule has 1 aliphatic heterocycles. The summed E-state index contributed by atoms with van der Waals surface area (Å²) < 4.78 is 50.7. The Balaban J connectivity index is 1.48. The number of fused-ring (bicyclic) bond motifs is 1. The molecule has 2 aromatic carbocycles. The van der Waals surface area contributed by atoms with E-state index in [0.29, 0.717) is 42.8 Å². The van der Waals surface area contributed by atoms with Crippen LogP contribution in [0.15, 0.2) is 65.8 Å². The van der Waals surface area contributed by atoms with Crippen LogP contribution in [0.2, 0.25) is 0 Å². The van der Waals surface area contributed by atoms with Crippen LogP contribution in [0.3, 0.4) is 0 Å². The van der Waals surface area contributed by atoms with Crippen LogP contribution < -0.4 is 10.2 Å². The third kappa shape index (κ3) is 7.90. The van der Waals surface area contributed by atoms with E-state index in [1.54, 1.807) is 17.0 Å². The van der Waals surface area contributed by atoms with Gasteiger partial charge in [-0.25, -0.2) is 0 Å². The average molecular weight is 572 g/mol. The minimum absolute atomic E-state index is 0.0878. The van der Waals surface area contributed by atoms with Gasteiger partial charge in [-0.05, 0) is 72.0 Å². The summed E-state index contributed by atoms with van der Waals surface area (Å²) in [4.78, 5) is 31.5. The minimum atomic E-state index is -4.45. The van der Waals surface area contributed by atoms with E-state index in [4.69, 9.17) is 9.47 Å². The molecule has 11 heteroatoms. The van der Waals surface area contributed by atoms with Gasteiger partial charge >= 0.3 is 12.1 Å². The normalized spacial score (nSPS) is 15.8. The molecule has 0 saturated carbocycles. The molecule has 4 rings (SSSR count). The van der Waals surface area contributed by atoms with E-state index in [0.717, 1.165) is 33.6 Å². The molecule has 0 spiro atoms. The number of carbonyl (C=O) groups excluding carboxylic acids is 2.